The van der Waals surface area contributed by atoms with E-state index in [1.54, 1.807) is 11.8 Å². The lowest BCUT2D eigenvalue weighted by molar-refractivity contribution is 0.508. The van der Waals surface area contributed by atoms with Gasteiger partial charge in [0.2, 0.25) is 0 Å². The number of nitrogens with one attached hydrogen (secondary N) is 1. The van der Waals surface area contributed by atoms with Crippen LogP contribution in [0.25, 0.3) is 0 Å². The maximum Gasteiger partial charge on any atom is 0.126 e. The lowest BCUT2D eigenvalue weighted by atomic mass is 10.0. The van der Waals surface area contributed by atoms with Crippen LogP contribution in [0, 0.1) is 11.6 Å². The zero-order valence-corrected chi connectivity index (χ0v) is 11.1. The first-order valence-corrected chi connectivity index (χ1v) is 7.22. The van der Waals surface area contributed by atoms with E-state index in [1.165, 1.54) is 12.1 Å². The van der Waals surface area contributed by atoms with Crippen LogP contribution in [0.4, 0.5) is 8.78 Å². The molecule has 0 saturated heterocycles. The van der Waals surface area contributed by atoms with E-state index in [9.17, 15) is 8.78 Å². The van der Waals surface area contributed by atoms with Crippen LogP contribution in [-0.4, -0.2) is 24.6 Å². The quantitative estimate of drug-likeness (QED) is 0.807. The van der Waals surface area contributed by atoms with Crippen molar-refractivity contribution in [3.05, 3.63) is 35.4 Å². The van der Waals surface area contributed by atoms with Crippen LogP contribution in [0.3, 0.4) is 0 Å². The van der Waals surface area contributed by atoms with Crippen molar-refractivity contribution in [2.45, 2.75) is 25.8 Å². The molecule has 0 spiro atoms. The van der Waals surface area contributed by atoms with Crippen LogP contribution in [0.2, 0.25) is 0 Å². The molecule has 96 valence electrons. The highest BCUT2D eigenvalue weighted by Crippen LogP contribution is 2.12. The molecule has 1 nitrogen and oxygen atoms in total. The Labute approximate surface area is 106 Å². The predicted octanol–water partition coefficient (Wildman–Crippen LogP) is 3.24. The molecule has 0 saturated carbocycles. The van der Waals surface area contributed by atoms with Gasteiger partial charge in [0.05, 0.1) is 0 Å². The van der Waals surface area contributed by atoms with E-state index >= 15 is 0 Å². The molecule has 0 aliphatic heterocycles. The minimum atomic E-state index is -0.500. The predicted molar refractivity (Wildman–Crippen MR) is 70.5 cm³/mol. The van der Waals surface area contributed by atoms with Crippen molar-refractivity contribution in [1.82, 2.24) is 5.32 Å². The van der Waals surface area contributed by atoms with Crippen LogP contribution in [0.1, 0.15) is 18.9 Å². The molecule has 0 radical (unpaired) electrons. The molecule has 0 aliphatic rings. The van der Waals surface area contributed by atoms with Gasteiger partial charge in [0.25, 0.3) is 0 Å². The molecule has 1 rings (SSSR count). The first kappa shape index (κ1) is 14.5. The smallest absolute Gasteiger partial charge is 0.126 e. The maximum atomic E-state index is 13.1. The average molecular weight is 259 g/mol. The van der Waals surface area contributed by atoms with Gasteiger partial charge in [0.15, 0.2) is 0 Å². The highest BCUT2D eigenvalue weighted by Gasteiger charge is 2.09. The van der Waals surface area contributed by atoms with Crippen LogP contribution in [0.15, 0.2) is 18.2 Å². The Balaban J connectivity index is 2.63. The monoisotopic (exact) mass is 259 g/mol. The van der Waals surface area contributed by atoms with Gasteiger partial charge in [-0.2, -0.15) is 11.8 Å². The number of benzene rings is 1. The number of rotatable bonds is 7. The van der Waals surface area contributed by atoms with Gasteiger partial charge in [-0.3, -0.25) is 0 Å². The summed E-state index contributed by atoms with van der Waals surface area (Å²) in [6.45, 7) is 2.91. The lowest BCUT2D eigenvalue weighted by Crippen LogP contribution is -2.31. The molecule has 0 aliphatic carbocycles. The summed E-state index contributed by atoms with van der Waals surface area (Å²) in [7, 11) is 0. The lowest BCUT2D eigenvalue weighted by Gasteiger charge is -2.17. The van der Waals surface area contributed by atoms with Gasteiger partial charge in [-0.15, -0.1) is 0 Å². The van der Waals surface area contributed by atoms with Gasteiger partial charge in [0.1, 0.15) is 11.6 Å². The second-order valence-electron chi connectivity index (χ2n) is 4.02. The third kappa shape index (κ3) is 5.50. The first-order chi connectivity index (χ1) is 8.15. The summed E-state index contributed by atoms with van der Waals surface area (Å²) in [5, 5.41) is 3.35. The van der Waals surface area contributed by atoms with E-state index in [4.69, 9.17) is 0 Å². The Morgan fingerprint density at radius 1 is 1.24 bits per heavy atom. The van der Waals surface area contributed by atoms with Crippen LogP contribution in [0.5, 0.6) is 0 Å². The summed E-state index contributed by atoms with van der Waals surface area (Å²) in [5.41, 5.74) is 0.717. The molecule has 1 atom stereocenters. The van der Waals surface area contributed by atoms with Crippen molar-refractivity contribution >= 4 is 11.8 Å². The van der Waals surface area contributed by atoms with Gasteiger partial charge in [-0.25, -0.2) is 8.78 Å². The second-order valence-corrected chi connectivity index (χ2v) is 5.00. The van der Waals surface area contributed by atoms with Gasteiger partial charge >= 0.3 is 0 Å². The fourth-order valence-corrected chi connectivity index (χ4v) is 2.36. The maximum absolute atomic E-state index is 13.1. The fourth-order valence-electron chi connectivity index (χ4n) is 1.84. The highest BCUT2D eigenvalue weighted by molar-refractivity contribution is 7.98. The number of hydrogen-bond acceptors (Lipinski definition) is 2. The second kappa shape index (κ2) is 7.67. The van der Waals surface area contributed by atoms with E-state index in [0.717, 1.165) is 30.3 Å². The van der Waals surface area contributed by atoms with Crippen LogP contribution < -0.4 is 5.32 Å². The molecule has 0 amide bonds. The Morgan fingerprint density at radius 2 is 1.88 bits per heavy atom. The Kier molecular flexibility index (Phi) is 6.52. The normalized spacial score (nSPS) is 12.7. The highest BCUT2D eigenvalue weighted by atomic mass is 32.2. The minimum Gasteiger partial charge on any atom is -0.314 e. The number of halogens is 2. The molecule has 0 bridgehead atoms. The zero-order chi connectivity index (χ0) is 12.7. The topological polar surface area (TPSA) is 12.0 Å². The van der Waals surface area contributed by atoms with E-state index in [0.29, 0.717) is 6.42 Å². The van der Waals surface area contributed by atoms with Crippen molar-refractivity contribution in [2.24, 2.45) is 0 Å². The fraction of sp³-hybridized carbons (Fsp3) is 0.538. The van der Waals surface area contributed by atoms with Gasteiger partial charge < -0.3 is 5.32 Å². The van der Waals surface area contributed by atoms with Crippen molar-refractivity contribution in [2.75, 3.05) is 18.6 Å². The Morgan fingerprint density at radius 3 is 2.41 bits per heavy atom. The minimum absolute atomic E-state index is 0.286. The van der Waals surface area contributed by atoms with Crippen LogP contribution >= 0.6 is 11.8 Å². The third-order valence-electron chi connectivity index (χ3n) is 2.57. The number of hydrogen-bond donors (Lipinski definition) is 1. The molecule has 1 unspecified atom stereocenters. The van der Waals surface area contributed by atoms with Crippen molar-refractivity contribution in [3.8, 4) is 0 Å². The van der Waals surface area contributed by atoms with Gasteiger partial charge in [0, 0.05) is 12.1 Å². The molecule has 4 heteroatoms. The first-order valence-electron chi connectivity index (χ1n) is 5.83. The molecule has 17 heavy (non-hydrogen) atoms. The summed E-state index contributed by atoms with van der Waals surface area (Å²) in [6, 6.07) is 4.01. The van der Waals surface area contributed by atoms with Gasteiger partial charge in [-0.05, 0) is 49.1 Å². The Hall–Kier alpha value is -0.610. The van der Waals surface area contributed by atoms with Crippen LogP contribution in [-0.2, 0) is 6.42 Å². The standard InChI is InChI=1S/C13H19F2NS/c1-3-16-13(4-5-17-2)8-10-6-11(14)9-12(15)7-10/h6-7,9,13,16H,3-5,8H2,1-2H3. The molecule has 0 aromatic heterocycles. The van der Waals surface area contributed by atoms with E-state index in [1.807, 2.05) is 6.92 Å². The Bertz CT molecular complexity index is 324. The molecule has 1 aromatic carbocycles. The van der Waals surface area contributed by atoms with E-state index in [-0.39, 0.29) is 6.04 Å². The van der Waals surface area contributed by atoms with Crippen molar-refractivity contribution < 1.29 is 8.78 Å². The third-order valence-corrected chi connectivity index (χ3v) is 3.21. The SMILES string of the molecule is CCNC(CCSC)Cc1cc(F)cc(F)c1. The summed E-state index contributed by atoms with van der Waals surface area (Å²) in [5.74, 6) is 0.0513. The van der Waals surface area contributed by atoms with Crippen molar-refractivity contribution in [3.63, 3.8) is 0 Å². The van der Waals surface area contributed by atoms with E-state index in [2.05, 4.69) is 11.6 Å². The molecular formula is C13H19F2NS. The summed E-state index contributed by atoms with van der Waals surface area (Å²) >= 11 is 1.78. The number of likely N-dealkylation sites (N-methyl/N-ethyl adjacent to an activating group) is 1. The molecule has 1 aromatic rings. The molecular weight excluding hydrogens is 240 g/mol. The number of thioether (sulfide) groups is 1. The summed E-state index contributed by atoms with van der Waals surface area (Å²) in [6.07, 6.45) is 3.74. The largest absolute Gasteiger partial charge is 0.314 e. The summed E-state index contributed by atoms with van der Waals surface area (Å²) < 4.78 is 26.1. The van der Waals surface area contributed by atoms with Crippen molar-refractivity contribution in [1.29, 1.82) is 0 Å². The molecule has 1 N–H and O–H groups in total. The molecule has 0 heterocycles. The van der Waals surface area contributed by atoms with E-state index < -0.39 is 11.6 Å². The summed E-state index contributed by atoms with van der Waals surface area (Å²) in [4.78, 5) is 0. The molecule has 0 fully saturated rings. The average Bonchev–Trinajstić information content (AvgIpc) is 2.24. The zero-order valence-electron chi connectivity index (χ0n) is 10.3. The van der Waals surface area contributed by atoms with Gasteiger partial charge in [-0.1, -0.05) is 6.92 Å².